The van der Waals surface area contributed by atoms with Crippen molar-refractivity contribution in [1.82, 2.24) is 0 Å². The summed E-state index contributed by atoms with van der Waals surface area (Å²) >= 11 is 6.15. The first-order chi connectivity index (χ1) is 17.1. The molecule has 36 heavy (non-hydrogen) atoms. The fourth-order valence-corrected chi connectivity index (χ4v) is 4.82. The van der Waals surface area contributed by atoms with Gasteiger partial charge in [0.1, 0.15) is 18.1 Å². The zero-order valence-corrected chi connectivity index (χ0v) is 21.5. The molecule has 3 aromatic carbocycles. The molecule has 9 nitrogen and oxygen atoms in total. The van der Waals surface area contributed by atoms with E-state index < -0.39 is 22.0 Å². The predicted molar refractivity (Wildman–Crippen MR) is 133 cm³/mol. The molecule has 0 aliphatic rings. The van der Waals surface area contributed by atoms with Gasteiger partial charge in [-0.2, -0.15) is 0 Å². The molecule has 0 saturated carbocycles. The van der Waals surface area contributed by atoms with E-state index in [4.69, 9.17) is 25.8 Å². The molecule has 0 amide bonds. The van der Waals surface area contributed by atoms with Crippen LogP contribution < -0.4 is 14.2 Å². The first kappa shape index (κ1) is 26.8. The second-order valence-corrected chi connectivity index (χ2v) is 9.60. The van der Waals surface area contributed by atoms with Gasteiger partial charge in [-0.15, -0.1) is 0 Å². The van der Waals surface area contributed by atoms with Crippen molar-refractivity contribution in [2.24, 2.45) is 0 Å². The molecule has 3 rings (SSSR count). The van der Waals surface area contributed by atoms with Crippen molar-refractivity contribution in [2.45, 2.75) is 18.4 Å². The molecule has 0 fully saturated rings. The first-order valence-corrected chi connectivity index (χ1v) is 12.3. The molecular weight excluding hydrogens is 510 g/mol. The molecule has 0 heterocycles. The van der Waals surface area contributed by atoms with Gasteiger partial charge in [0.25, 0.3) is 10.0 Å². The lowest BCUT2D eigenvalue weighted by Crippen LogP contribution is -2.16. The van der Waals surface area contributed by atoms with Crippen LogP contribution in [0.4, 0.5) is 5.69 Å². The molecule has 0 saturated heterocycles. The van der Waals surface area contributed by atoms with Crippen molar-refractivity contribution in [3.63, 3.8) is 0 Å². The molecular formula is C25H24ClNO8S. The van der Waals surface area contributed by atoms with Gasteiger partial charge in [0.15, 0.2) is 0 Å². The van der Waals surface area contributed by atoms with Gasteiger partial charge in [0.2, 0.25) is 0 Å². The van der Waals surface area contributed by atoms with Crippen LogP contribution in [0.15, 0.2) is 59.5 Å². The lowest BCUT2D eigenvalue weighted by molar-refractivity contribution is 0.0471. The minimum Gasteiger partial charge on any atom is -0.495 e. The summed E-state index contributed by atoms with van der Waals surface area (Å²) in [7, 11) is -0.0419. The highest BCUT2D eigenvalue weighted by Crippen LogP contribution is 2.37. The van der Waals surface area contributed by atoms with Gasteiger partial charge in [-0.25, -0.2) is 18.0 Å². The fourth-order valence-electron chi connectivity index (χ4n) is 3.24. The van der Waals surface area contributed by atoms with Crippen molar-refractivity contribution in [3.8, 4) is 11.5 Å². The summed E-state index contributed by atoms with van der Waals surface area (Å²) in [6.07, 6.45) is 0. The van der Waals surface area contributed by atoms with E-state index in [1.165, 1.54) is 51.7 Å². The van der Waals surface area contributed by atoms with Crippen molar-refractivity contribution < 1.29 is 37.0 Å². The Morgan fingerprint density at radius 2 is 1.50 bits per heavy atom. The zero-order valence-electron chi connectivity index (χ0n) is 20.0. The van der Waals surface area contributed by atoms with Gasteiger partial charge in [-0.1, -0.05) is 29.8 Å². The third-order valence-corrected chi connectivity index (χ3v) is 6.98. The van der Waals surface area contributed by atoms with Crippen LogP contribution in [-0.2, 0) is 26.1 Å². The number of carbonyl (C=O) groups excluding carboxylic acids is 2. The van der Waals surface area contributed by atoms with Gasteiger partial charge < -0.3 is 18.9 Å². The van der Waals surface area contributed by atoms with Gasteiger partial charge in [-0.05, 0) is 48.4 Å². The Morgan fingerprint density at radius 3 is 2.11 bits per heavy atom. The van der Waals surface area contributed by atoms with E-state index in [9.17, 15) is 18.0 Å². The number of halogens is 1. The average molecular weight is 534 g/mol. The minimum absolute atomic E-state index is 0.0480. The number of hydrogen-bond donors (Lipinski definition) is 1. The number of hydrogen-bond acceptors (Lipinski definition) is 8. The molecule has 11 heteroatoms. The zero-order chi connectivity index (χ0) is 26.5. The Kier molecular flexibility index (Phi) is 8.44. The number of sulfonamides is 1. The van der Waals surface area contributed by atoms with E-state index in [0.717, 1.165) is 0 Å². The van der Waals surface area contributed by atoms with Crippen molar-refractivity contribution in [1.29, 1.82) is 0 Å². The van der Waals surface area contributed by atoms with Gasteiger partial charge in [-0.3, -0.25) is 4.72 Å². The predicted octanol–water partition coefficient (Wildman–Crippen LogP) is 4.61. The highest BCUT2D eigenvalue weighted by molar-refractivity contribution is 7.92. The maximum Gasteiger partial charge on any atom is 0.338 e. The Hall–Kier alpha value is -3.76. The summed E-state index contributed by atoms with van der Waals surface area (Å²) in [5.74, 6) is -0.674. The molecule has 0 radical (unpaired) electrons. The lowest BCUT2D eigenvalue weighted by Gasteiger charge is -2.15. The Labute approximate surface area is 213 Å². The number of esters is 2. The van der Waals surface area contributed by atoms with Crippen LogP contribution in [0.5, 0.6) is 11.5 Å². The topological polar surface area (TPSA) is 117 Å². The van der Waals surface area contributed by atoms with E-state index in [-0.39, 0.29) is 33.5 Å². The summed E-state index contributed by atoms with van der Waals surface area (Å²) in [4.78, 5) is 24.1. The summed E-state index contributed by atoms with van der Waals surface area (Å²) in [6, 6.07) is 13.4. The van der Waals surface area contributed by atoms with Crippen LogP contribution in [0.25, 0.3) is 0 Å². The molecule has 0 atom stereocenters. The molecule has 0 aliphatic heterocycles. The highest BCUT2D eigenvalue weighted by atomic mass is 35.5. The molecule has 0 unspecified atom stereocenters. The van der Waals surface area contributed by atoms with Crippen LogP contribution >= 0.6 is 11.6 Å². The van der Waals surface area contributed by atoms with Crippen LogP contribution in [0.2, 0.25) is 5.02 Å². The monoisotopic (exact) mass is 533 g/mol. The van der Waals surface area contributed by atoms with Crippen molar-refractivity contribution >= 4 is 39.3 Å². The quantitative estimate of drug-likeness (QED) is 0.396. The van der Waals surface area contributed by atoms with Crippen LogP contribution in [0.1, 0.15) is 31.8 Å². The molecule has 190 valence electrons. The number of anilines is 1. The van der Waals surface area contributed by atoms with Crippen LogP contribution in [0.3, 0.4) is 0 Å². The lowest BCUT2D eigenvalue weighted by atomic mass is 10.1. The maximum atomic E-state index is 13.2. The fraction of sp³-hybridized carbons (Fsp3) is 0.200. The Morgan fingerprint density at radius 1 is 0.861 bits per heavy atom. The van der Waals surface area contributed by atoms with Gasteiger partial charge >= 0.3 is 11.9 Å². The number of ether oxygens (including phenoxy) is 4. The number of nitrogens with one attached hydrogen (secondary N) is 1. The molecule has 0 aliphatic carbocycles. The molecule has 0 aromatic heterocycles. The van der Waals surface area contributed by atoms with E-state index in [1.807, 2.05) is 0 Å². The number of methoxy groups -OCH3 is 3. The van der Waals surface area contributed by atoms with Crippen LogP contribution in [0, 0.1) is 6.92 Å². The molecule has 0 spiro atoms. The third kappa shape index (κ3) is 6.07. The van der Waals surface area contributed by atoms with Crippen LogP contribution in [-0.4, -0.2) is 41.7 Å². The van der Waals surface area contributed by atoms with Gasteiger partial charge in [0.05, 0.1) is 48.1 Å². The Bertz CT molecular complexity index is 1390. The number of aryl methyl sites for hydroxylation is 1. The standard InChI is InChI=1S/C25H24ClNO8S/c1-15-5-8-18(25(29)35-14-16-6-9-17(10-7-16)24(28)34-4)11-23(15)36(30,31)27-20-12-19(26)21(32-2)13-22(20)33-3/h5-13,27H,14H2,1-4H3. The van der Waals surface area contributed by atoms with Crippen molar-refractivity contribution in [2.75, 3.05) is 26.1 Å². The van der Waals surface area contributed by atoms with E-state index in [2.05, 4.69) is 9.46 Å². The number of rotatable bonds is 9. The van der Waals surface area contributed by atoms with Gasteiger partial charge in [0, 0.05) is 6.07 Å². The van der Waals surface area contributed by atoms with E-state index in [1.54, 1.807) is 31.2 Å². The molecule has 1 N–H and O–H groups in total. The highest BCUT2D eigenvalue weighted by Gasteiger charge is 2.22. The molecule has 3 aromatic rings. The molecule has 0 bridgehead atoms. The summed E-state index contributed by atoms with van der Waals surface area (Å²) in [6.45, 7) is 1.53. The second kappa shape index (κ2) is 11.3. The minimum atomic E-state index is -4.13. The summed E-state index contributed by atoms with van der Waals surface area (Å²) in [5.41, 5.74) is 1.57. The second-order valence-electron chi connectivity index (χ2n) is 7.54. The largest absolute Gasteiger partial charge is 0.495 e. The third-order valence-electron chi connectivity index (χ3n) is 5.18. The Balaban J connectivity index is 1.80. The number of carbonyl (C=O) groups is 2. The average Bonchev–Trinajstić information content (AvgIpc) is 2.87. The first-order valence-electron chi connectivity index (χ1n) is 10.5. The van der Waals surface area contributed by atoms with E-state index >= 15 is 0 Å². The maximum absolute atomic E-state index is 13.2. The summed E-state index contributed by atoms with van der Waals surface area (Å²) in [5, 5.41) is 0.185. The summed E-state index contributed by atoms with van der Waals surface area (Å²) < 4.78 is 49.2. The SMILES string of the molecule is COC(=O)c1ccc(COC(=O)c2ccc(C)c(S(=O)(=O)Nc3cc(Cl)c(OC)cc3OC)c2)cc1. The van der Waals surface area contributed by atoms with E-state index in [0.29, 0.717) is 22.4 Å². The normalized spacial score (nSPS) is 10.9. The number of benzene rings is 3. The smallest absolute Gasteiger partial charge is 0.338 e. The van der Waals surface area contributed by atoms with Crippen molar-refractivity contribution in [3.05, 3.63) is 81.9 Å².